The normalized spacial score (nSPS) is 12.2. The predicted molar refractivity (Wildman–Crippen MR) is 85.1 cm³/mol. The fourth-order valence-corrected chi connectivity index (χ4v) is 3.17. The molecule has 0 fully saturated rings. The van der Waals surface area contributed by atoms with E-state index in [1.54, 1.807) is 12.3 Å². The molecule has 3 N–H and O–H groups in total. The maximum absolute atomic E-state index is 12.5. The summed E-state index contributed by atoms with van der Waals surface area (Å²) in [6.45, 7) is 0. The van der Waals surface area contributed by atoms with Crippen LogP contribution in [0, 0.1) is 0 Å². The smallest absolute Gasteiger partial charge is 0.305 e. The van der Waals surface area contributed by atoms with Gasteiger partial charge in [0.05, 0.1) is 23.5 Å². The number of carboxylic acid groups (broad SMARTS) is 1. The molecule has 3 rings (SSSR count). The number of fused-ring (bicyclic) bond motifs is 1. The predicted octanol–water partition coefficient (Wildman–Crippen LogP) is 3.18. The van der Waals surface area contributed by atoms with E-state index >= 15 is 0 Å². The number of carbonyl (C=O) groups excluding carboxylic acids is 1. The molecular formula is C16H14N2O3S. The van der Waals surface area contributed by atoms with Crippen LogP contribution >= 0.6 is 11.3 Å². The largest absolute Gasteiger partial charge is 0.481 e. The first-order valence-corrected chi connectivity index (χ1v) is 7.65. The molecule has 1 atom stereocenters. The molecule has 1 amide bonds. The molecule has 22 heavy (non-hydrogen) atoms. The van der Waals surface area contributed by atoms with Gasteiger partial charge >= 0.3 is 5.97 Å². The van der Waals surface area contributed by atoms with Gasteiger partial charge in [-0.15, -0.1) is 11.3 Å². The Balaban J connectivity index is 1.88. The maximum atomic E-state index is 12.5. The number of aliphatic carboxylic acids is 1. The van der Waals surface area contributed by atoms with Gasteiger partial charge in [0.2, 0.25) is 0 Å². The molecule has 112 valence electrons. The second-order valence-electron chi connectivity index (χ2n) is 4.89. The summed E-state index contributed by atoms with van der Waals surface area (Å²) >= 11 is 1.43. The number of hydrogen-bond donors (Lipinski definition) is 3. The zero-order chi connectivity index (χ0) is 15.5. The lowest BCUT2D eigenvalue weighted by Crippen LogP contribution is -2.29. The highest BCUT2D eigenvalue weighted by Gasteiger charge is 2.21. The van der Waals surface area contributed by atoms with Crippen LogP contribution in [0.15, 0.2) is 48.0 Å². The number of para-hydroxylation sites is 1. The fraction of sp³-hybridized carbons (Fsp3) is 0.125. The highest BCUT2D eigenvalue weighted by atomic mass is 32.1. The van der Waals surface area contributed by atoms with Crippen molar-refractivity contribution in [1.82, 2.24) is 10.3 Å². The van der Waals surface area contributed by atoms with E-state index in [9.17, 15) is 9.59 Å². The Morgan fingerprint density at radius 1 is 1.23 bits per heavy atom. The summed E-state index contributed by atoms with van der Waals surface area (Å²) in [6, 6.07) is 10.5. The van der Waals surface area contributed by atoms with Crippen molar-refractivity contribution in [1.29, 1.82) is 0 Å². The van der Waals surface area contributed by atoms with Gasteiger partial charge in [0, 0.05) is 16.5 Å². The number of carboxylic acids is 1. The van der Waals surface area contributed by atoms with Gasteiger partial charge in [-0.3, -0.25) is 9.59 Å². The second kappa shape index (κ2) is 6.03. The van der Waals surface area contributed by atoms with Crippen LogP contribution in [0.4, 0.5) is 0 Å². The van der Waals surface area contributed by atoms with Crippen molar-refractivity contribution >= 4 is 34.1 Å². The Labute approximate surface area is 130 Å². The Hall–Kier alpha value is -2.60. The van der Waals surface area contributed by atoms with E-state index in [-0.39, 0.29) is 12.3 Å². The van der Waals surface area contributed by atoms with Crippen molar-refractivity contribution < 1.29 is 14.7 Å². The number of nitrogens with one attached hydrogen (secondary N) is 2. The van der Waals surface area contributed by atoms with Crippen molar-refractivity contribution in [2.45, 2.75) is 12.5 Å². The minimum Gasteiger partial charge on any atom is -0.481 e. The van der Waals surface area contributed by atoms with Gasteiger partial charge in [-0.25, -0.2) is 0 Å². The summed E-state index contributed by atoms with van der Waals surface area (Å²) < 4.78 is 0. The van der Waals surface area contributed by atoms with Gasteiger partial charge in [-0.1, -0.05) is 18.2 Å². The van der Waals surface area contributed by atoms with E-state index < -0.39 is 12.0 Å². The molecule has 5 nitrogen and oxygen atoms in total. The molecule has 2 aromatic heterocycles. The SMILES string of the molecule is O=C(O)CC(NC(=O)c1cccc2cc[nH]c12)c1cccs1. The van der Waals surface area contributed by atoms with Crippen LogP contribution in [-0.2, 0) is 4.79 Å². The number of aromatic amines is 1. The first-order valence-electron chi connectivity index (χ1n) is 6.77. The lowest BCUT2D eigenvalue weighted by atomic mass is 10.1. The zero-order valence-electron chi connectivity index (χ0n) is 11.6. The number of amides is 1. The lowest BCUT2D eigenvalue weighted by Gasteiger charge is -2.16. The van der Waals surface area contributed by atoms with Crippen molar-refractivity contribution in [3.05, 3.63) is 58.4 Å². The third-order valence-electron chi connectivity index (χ3n) is 3.40. The summed E-state index contributed by atoms with van der Waals surface area (Å²) in [7, 11) is 0. The molecule has 0 radical (unpaired) electrons. The third kappa shape index (κ3) is 2.87. The molecule has 6 heteroatoms. The van der Waals surface area contributed by atoms with Gasteiger partial charge in [-0.2, -0.15) is 0 Å². The van der Waals surface area contributed by atoms with Crippen LogP contribution in [0.3, 0.4) is 0 Å². The Morgan fingerprint density at radius 2 is 2.09 bits per heavy atom. The molecular weight excluding hydrogens is 300 g/mol. The molecule has 0 saturated heterocycles. The summed E-state index contributed by atoms with van der Waals surface area (Å²) in [4.78, 5) is 27.4. The summed E-state index contributed by atoms with van der Waals surface area (Å²) in [5, 5.41) is 14.7. The quantitative estimate of drug-likeness (QED) is 0.676. The topological polar surface area (TPSA) is 82.2 Å². The number of H-pyrrole nitrogens is 1. The standard InChI is InChI=1S/C16H14N2O3S/c19-14(20)9-12(13-5-2-8-22-13)18-16(21)11-4-1-3-10-6-7-17-15(10)11/h1-8,12,17H,9H2,(H,18,21)(H,19,20). The monoisotopic (exact) mass is 314 g/mol. The van der Waals surface area contributed by atoms with Gasteiger partial charge in [0.25, 0.3) is 5.91 Å². The van der Waals surface area contributed by atoms with Crippen molar-refractivity contribution in [2.24, 2.45) is 0 Å². The molecule has 0 aliphatic heterocycles. The average Bonchev–Trinajstić information content (AvgIpc) is 3.16. The van der Waals surface area contributed by atoms with Crippen LogP contribution in [0.5, 0.6) is 0 Å². The van der Waals surface area contributed by atoms with Gasteiger partial charge in [0.15, 0.2) is 0 Å². The van der Waals surface area contributed by atoms with Crippen LogP contribution in [0.2, 0.25) is 0 Å². The lowest BCUT2D eigenvalue weighted by molar-refractivity contribution is -0.137. The van der Waals surface area contributed by atoms with Crippen LogP contribution in [-0.4, -0.2) is 22.0 Å². The maximum Gasteiger partial charge on any atom is 0.305 e. The van der Waals surface area contributed by atoms with E-state index in [1.165, 1.54) is 11.3 Å². The van der Waals surface area contributed by atoms with Gasteiger partial charge in [0.1, 0.15) is 0 Å². The number of carbonyl (C=O) groups is 2. The van der Waals surface area contributed by atoms with E-state index in [0.717, 1.165) is 15.8 Å². The van der Waals surface area contributed by atoms with E-state index in [0.29, 0.717) is 5.56 Å². The van der Waals surface area contributed by atoms with Crippen molar-refractivity contribution in [2.75, 3.05) is 0 Å². The minimum atomic E-state index is -0.947. The number of hydrogen-bond acceptors (Lipinski definition) is 3. The second-order valence-corrected chi connectivity index (χ2v) is 5.87. The molecule has 1 aromatic carbocycles. The molecule has 0 aliphatic carbocycles. The summed E-state index contributed by atoms with van der Waals surface area (Å²) in [5.74, 6) is -1.23. The summed E-state index contributed by atoms with van der Waals surface area (Å²) in [5.41, 5.74) is 1.26. The Kier molecular flexibility index (Phi) is 3.93. The first-order chi connectivity index (χ1) is 10.6. The van der Waals surface area contributed by atoms with Crippen molar-refractivity contribution in [3.8, 4) is 0 Å². The highest BCUT2D eigenvalue weighted by molar-refractivity contribution is 7.10. The van der Waals surface area contributed by atoms with Gasteiger partial charge < -0.3 is 15.4 Å². The van der Waals surface area contributed by atoms with E-state index in [4.69, 9.17) is 5.11 Å². The van der Waals surface area contributed by atoms with Crippen LogP contribution < -0.4 is 5.32 Å². The minimum absolute atomic E-state index is 0.146. The third-order valence-corrected chi connectivity index (χ3v) is 4.39. The van der Waals surface area contributed by atoms with Crippen LogP contribution in [0.25, 0.3) is 10.9 Å². The molecule has 0 aliphatic rings. The Morgan fingerprint density at radius 3 is 2.82 bits per heavy atom. The summed E-state index contributed by atoms with van der Waals surface area (Å²) in [6.07, 6.45) is 1.63. The van der Waals surface area contributed by atoms with Gasteiger partial charge in [-0.05, 0) is 23.6 Å². The first kappa shape index (κ1) is 14.3. The number of rotatable bonds is 5. The highest BCUT2D eigenvalue weighted by Crippen LogP contribution is 2.24. The molecule has 3 aromatic rings. The number of thiophene rings is 1. The Bertz CT molecular complexity index is 808. The van der Waals surface area contributed by atoms with Crippen molar-refractivity contribution in [3.63, 3.8) is 0 Å². The van der Waals surface area contributed by atoms with Crippen LogP contribution in [0.1, 0.15) is 27.7 Å². The zero-order valence-corrected chi connectivity index (χ0v) is 12.4. The number of benzene rings is 1. The fourth-order valence-electron chi connectivity index (χ4n) is 2.40. The number of aromatic nitrogens is 1. The molecule has 2 heterocycles. The molecule has 0 spiro atoms. The van der Waals surface area contributed by atoms with E-state index in [1.807, 2.05) is 35.7 Å². The molecule has 0 bridgehead atoms. The molecule has 0 saturated carbocycles. The molecule has 1 unspecified atom stereocenters. The average molecular weight is 314 g/mol. The van der Waals surface area contributed by atoms with E-state index in [2.05, 4.69) is 10.3 Å².